The minimum Gasteiger partial charge on any atom is -0.480 e. The van der Waals surface area contributed by atoms with E-state index in [1.807, 2.05) is 13.8 Å². The van der Waals surface area contributed by atoms with Crippen LogP contribution < -0.4 is 10.1 Å². The van der Waals surface area contributed by atoms with Gasteiger partial charge in [0, 0.05) is 17.7 Å². The Morgan fingerprint density at radius 1 is 1.33 bits per heavy atom. The minimum absolute atomic E-state index is 0.0249. The summed E-state index contributed by atoms with van der Waals surface area (Å²) in [5, 5.41) is 11.3. The summed E-state index contributed by atoms with van der Waals surface area (Å²) in [5.74, 6) is -1.75. The summed E-state index contributed by atoms with van der Waals surface area (Å²) in [5.41, 5.74) is 0.251. The topological polar surface area (TPSA) is 75.6 Å². The van der Waals surface area contributed by atoms with E-state index in [1.165, 1.54) is 18.2 Å². The van der Waals surface area contributed by atoms with E-state index in [0.717, 1.165) is 12.1 Å². The molecule has 0 fully saturated rings. The molecule has 1 atom stereocenters. The summed E-state index contributed by atoms with van der Waals surface area (Å²) in [6, 6.07) is 3.65. The number of carboxylic acids is 1. The van der Waals surface area contributed by atoms with Gasteiger partial charge in [-0.1, -0.05) is 0 Å². The number of halogens is 1. The maximum atomic E-state index is 13.2. The van der Waals surface area contributed by atoms with Gasteiger partial charge in [-0.15, -0.1) is 0 Å². The van der Waals surface area contributed by atoms with Crippen molar-refractivity contribution in [1.82, 2.24) is 5.32 Å². The molecule has 0 saturated heterocycles. The second-order valence-electron chi connectivity index (χ2n) is 4.78. The zero-order valence-corrected chi connectivity index (χ0v) is 12.1. The number of carboxylic acid groups (broad SMARTS) is 1. The minimum atomic E-state index is -1.16. The van der Waals surface area contributed by atoms with Gasteiger partial charge in [0.2, 0.25) is 0 Å². The molecule has 0 aliphatic rings. The average Bonchev–Trinajstić information content (AvgIpc) is 2.37. The molecule has 21 heavy (non-hydrogen) atoms. The molecule has 0 heterocycles. The first-order valence-corrected chi connectivity index (χ1v) is 6.47. The zero-order chi connectivity index (χ0) is 16.0. The van der Waals surface area contributed by atoms with Crippen LogP contribution in [0.4, 0.5) is 4.39 Å². The number of nitrogens with one attached hydrogen (secondary N) is 1. The SMILES string of the molecule is CC(C)NC(=O)C(C)Oc1ccc(F)cc1/C=C/C(=O)O. The molecule has 5 nitrogen and oxygen atoms in total. The van der Waals surface area contributed by atoms with Gasteiger partial charge in [-0.05, 0) is 45.0 Å². The number of aliphatic carboxylic acids is 1. The number of ether oxygens (including phenoxy) is 1. The Morgan fingerprint density at radius 2 is 2.00 bits per heavy atom. The van der Waals surface area contributed by atoms with E-state index in [-0.39, 0.29) is 23.3 Å². The number of carbonyl (C=O) groups is 2. The smallest absolute Gasteiger partial charge is 0.328 e. The maximum Gasteiger partial charge on any atom is 0.328 e. The monoisotopic (exact) mass is 295 g/mol. The fraction of sp³-hybridized carbons (Fsp3) is 0.333. The molecule has 2 N–H and O–H groups in total. The van der Waals surface area contributed by atoms with Crippen LogP contribution in [-0.2, 0) is 9.59 Å². The van der Waals surface area contributed by atoms with Crippen LogP contribution in [0.5, 0.6) is 5.75 Å². The summed E-state index contributed by atoms with van der Waals surface area (Å²) < 4.78 is 18.7. The highest BCUT2D eigenvalue weighted by Gasteiger charge is 2.16. The van der Waals surface area contributed by atoms with Crippen molar-refractivity contribution >= 4 is 18.0 Å². The molecule has 114 valence electrons. The van der Waals surface area contributed by atoms with Crippen LogP contribution >= 0.6 is 0 Å². The van der Waals surface area contributed by atoms with E-state index >= 15 is 0 Å². The van der Waals surface area contributed by atoms with Gasteiger partial charge in [0.15, 0.2) is 6.10 Å². The van der Waals surface area contributed by atoms with Crippen molar-refractivity contribution in [2.75, 3.05) is 0 Å². The lowest BCUT2D eigenvalue weighted by Gasteiger charge is -2.17. The Kier molecular flexibility index (Phi) is 5.90. The standard InChI is InChI=1S/C15H18FNO4/c1-9(2)17-15(20)10(3)21-13-6-5-12(16)8-11(13)4-7-14(18)19/h4-10H,1-3H3,(H,17,20)(H,18,19)/b7-4+. The van der Waals surface area contributed by atoms with Crippen molar-refractivity contribution in [3.63, 3.8) is 0 Å². The second-order valence-corrected chi connectivity index (χ2v) is 4.78. The molecule has 0 radical (unpaired) electrons. The van der Waals surface area contributed by atoms with Gasteiger partial charge >= 0.3 is 5.97 Å². The number of carbonyl (C=O) groups excluding carboxylic acids is 1. The fourth-order valence-electron chi connectivity index (χ4n) is 1.56. The largest absolute Gasteiger partial charge is 0.480 e. The van der Waals surface area contributed by atoms with Gasteiger partial charge in [0.05, 0.1) is 0 Å². The Bertz CT molecular complexity index is 555. The fourth-order valence-corrected chi connectivity index (χ4v) is 1.56. The number of rotatable bonds is 6. The lowest BCUT2D eigenvalue weighted by atomic mass is 10.1. The summed E-state index contributed by atoms with van der Waals surface area (Å²) in [7, 11) is 0. The van der Waals surface area contributed by atoms with Crippen LogP contribution in [0, 0.1) is 5.82 Å². The van der Waals surface area contributed by atoms with Crippen LogP contribution in [0.3, 0.4) is 0 Å². The quantitative estimate of drug-likeness (QED) is 0.789. The molecule has 0 spiro atoms. The summed E-state index contributed by atoms with van der Waals surface area (Å²) >= 11 is 0. The lowest BCUT2D eigenvalue weighted by molar-refractivity contribution is -0.131. The lowest BCUT2D eigenvalue weighted by Crippen LogP contribution is -2.40. The molecular formula is C15H18FNO4. The molecule has 1 rings (SSSR count). The van der Waals surface area contributed by atoms with Crippen molar-refractivity contribution in [1.29, 1.82) is 0 Å². The van der Waals surface area contributed by atoms with Gasteiger partial charge in [0.1, 0.15) is 11.6 Å². The number of benzene rings is 1. The first-order valence-electron chi connectivity index (χ1n) is 6.47. The van der Waals surface area contributed by atoms with E-state index in [4.69, 9.17) is 9.84 Å². The highest BCUT2D eigenvalue weighted by Crippen LogP contribution is 2.22. The Morgan fingerprint density at radius 3 is 2.57 bits per heavy atom. The molecule has 1 aromatic rings. The van der Waals surface area contributed by atoms with Gasteiger partial charge in [0.25, 0.3) is 5.91 Å². The van der Waals surface area contributed by atoms with Crippen molar-refractivity contribution in [3.05, 3.63) is 35.7 Å². The molecule has 1 unspecified atom stereocenters. The molecule has 0 aromatic heterocycles. The van der Waals surface area contributed by atoms with E-state index in [9.17, 15) is 14.0 Å². The molecule has 0 aliphatic heterocycles. The van der Waals surface area contributed by atoms with E-state index in [1.54, 1.807) is 6.92 Å². The summed E-state index contributed by atoms with van der Waals surface area (Å²) in [6.45, 7) is 5.21. The Balaban J connectivity index is 2.92. The van der Waals surface area contributed by atoms with Crippen LogP contribution in [0.2, 0.25) is 0 Å². The average molecular weight is 295 g/mol. The highest BCUT2D eigenvalue weighted by atomic mass is 19.1. The predicted molar refractivity (Wildman–Crippen MR) is 76.4 cm³/mol. The highest BCUT2D eigenvalue weighted by molar-refractivity contribution is 5.86. The third kappa shape index (κ3) is 5.64. The van der Waals surface area contributed by atoms with Gasteiger partial charge in [-0.2, -0.15) is 0 Å². The number of hydrogen-bond donors (Lipinski definition) is 2. The second kappa shape index (κ2) is 7.42. The van der Waals surface area contributed by atoms with Gasteiger partial charge in [-0.25, -0.2) is 9.18 Å². The Hall–Kier alpha value is -2.37. The third-order valence-electron chi connectivity index (χ3n) is 2.48. The van der Waals surface area contributed by atoms with E-state index < -0.39 is 17.9 Å². The van der Waals surface area contributed by atoms with E-state index in [2.05, 4.69) is 5.32 Å². The summed E-state index contributed by atoms with van der Waals surface area (Å²) in [6.07, 6.45) is 1.31. The van der Waals surface area contributed by atoms with Gasteiger partial charge in [-0.3, -0.25) is 4.79 Å². The van der Waals surface area contributed by atoms with Crippen LogP contribution in [0.1, 0.15) is 26.3 Å². The summed E-state index contributed by atoms with van der Waals surface area (Å²) in [4.78, 5) is 22.3. The maximum absolute atomic E-state index is 13.2. The van der Waals surface area contributed by atoms with Crippen molar-refractivity contribution in [2.24, 2.45) is 0 Å². The first-order chi connectivity index (χ1) is 9.79. The third-order valence-corrected chi connectivity index (χ3v) is 2.48. The molecule has 0 aliphatic carbocycles. The van der Waals surface area contributed by atoms with Crippen LogP contribution in [-0.4, -0.2) is 29.1 Å². The molecule has 1 amide bonds. The van der Waals surface area contributed by atoms with Crippen molar-refractivity contribution < 1.29 is 23.8 Å². The predicted octanol–water partition coefficient (Wildman–Crippen LogP) is 2.22. The molecule has 0 saturated carbocycles. The van der Waals surface area contributed by atoms with E-state index in [0.29, 0.717) is 0 Å². The van der Waals surface area contributed by atoms with Crippen molar-refractivity contribution in [3.8, 4) is 5.75 Å². The first kappa shape index (κ1) is 16.7. The molecular weight excluding hydrogens is 277 g/mol. The molecule has 1 aromatic carbocycles. The number of amides is 1. The van der Waals surface area contributed by atoms with Crippen molar-refractivity contribution in [2.45, 2.75) is 32.9 Å². The Labute approximate surface area is 122 Å². The zero-order valence-electron chi connectivity index (χ0n) is 12.1. The van der Waals surface area contributed by atoms with Gasteiger partial charge < -0.3 is 15.2 Å². The van der Waals surface area contributed by atoms with Crippen LogP contribution in [0.25, 0.3) is 6.08 Å². The molecule has 0 bridgehead atoms. The number of hydrogen-bond acceptors (Lipinski definition) is 3. The molecule has 6 heteroatoms. The normalized spacial score (nSPS) is 12.4. The van der Waals surface area contributed by atoms with Crippen LogP contribution in [0.15, 0.2) is 24.3 Å².